The van der Waals surface area contributed by atoms with Crippen LogP contribution in [-0.2, 0) is 10.0 Å². The van der Waals surface area contributed by atoms with Gasteiger partial charge in [0.15, 0.2) is 0 Å². The zero-order valence-corrected chi connectivity index (χ0v) is 18.1. The van der Waals surface area contributed by atoms with E-state index in [1.54, 1.807) is 6.07 Å². The van der Waals surface area contributed by atoms with Crippen LogP contribution in [-0.4, -0.2) is 30.4 Å². The number of pyridine rings is 1. The lowest BCUT2D eigenvalue weighted by Crippen LogP contribution is -2.17. The van der Waals surface area contributed by atoms with Gasteiger partial charge in [0.05, 0.1) is 23.1 Å². The second-order valence-electron chi connectivity index (χ2n) is 5.93. The van der Waals surface area contributed by atoms with E-state index < -0.39 is 21.9 Å². The molecule has 1 heterocycles. The average Bonchev–Trinajstić information content (AvgIpc) is 2.70. The number of sulfonamides is 1. The minimum absolute atomic E-state index is 0.0213. The van der Waals surface area contributed by atoms with Gasteiger partial charge in [0, 0.05) is 10.0 Å². The Balaban J connectivity index is 1.90. The molecule has 0 saturated carbocycles. The molecule has 0 unspecified atom stereocenters. The first-order chi connectivity index (χ1) is 14.2. The van der Waals surface area contributed by atoms with E-state index in [2.05, 4.69) is 31.0 Å². The van der Waals surface area contributed by atoms with Crippen LogP contribution in [0.3, 0.4) is 0 Å². The van der Waals surface area contributed by atoms with Crippen molar-refractivity contribution in [2.45, 2.75) is 4.90 Å². The van der Waals surface area contributed by atoms with E-state index in [0.717, 1.165) is 0 Å². The minimum Gasteiger partial charge on any atom is -0.478 e. The monoisotopic (exact) mass is 509 g/mol. The third-order valence-corrected chi connectivity index (χ3v) is 6.47. The number of aromatic nitrogens is 1. The highest BCUT2D eigenvalue weighted by Crippen LogP contribution is 2.26. The summed E-state index contributed by atoms with van der Waals surface area (Å²) in [6.45, 7) is 0. The average molecular weight is 511 g/mol. The number of para-hydroxylation sites is 1. The number of amides is 1. The Bertz CT molecular complexity index is 1230. The van der Waals surface area contributed by atoms with E-state index in [1.165, 1.54) is 54.7 Å². The number of hydrogen-bond donors (Lipinski definition) is 3. The molecule has 11 heteroatoms. The Morgan fingerprint density at radius 1 is 1.07 bits per heavy atom. The molecule has 0 spiro atoms. The van der Waals surface area contributed by atoms with E-state index in [1.807, 2.05) is 0 Å². The fourth-order valence-corrected chi connectivity index (χ4v) is 4.62. The maximum atomic E-state index is 12.8. The number of carbonyl (C=O) groups is 2. The summed E-state index contributed by atoms with van der Waals surface area (Å²) < 4.78 is 28.1. The van der Waals surface area contributed by atoms with Crippen molar-refractivity contribution in [3.63, 3.8) is 0 Å². The van der Waals surface area contributed by atoms with E-state index in [9.17, 15) is 23.1 Å². The molecule has 0 aliphatic rings. The van der Waals surface area contributed by atoms with Gasteiger partial charge in [-0.15, -0.1) is 0 Å². The van der Waals surface area contributed by atoms with Crippen LogP contribution in [0.25, 0.3) is 0 Å². The zero-order valence-electron chi connectivity index (χ0n) is 15.0. The summed E-state index contributed by atoms with van der Waals surface area (Å²) in [6, 6.07) is 12.8. The Labute approximate surface area is 185 Å². The number of carboxylic acids is 1. The second-order valence-corrected chi connectivity index (χ2v) is 8.82. The lowest BCUT2D eigenvalue weighted by molar-refractivity contribution is 0.0698. The largest absolute Gasteiger partial charge is 0.478 e. The first kappa shape index (κ1) is 21.8. The molecule has 0 aliphatic carbocycles. The highest BCUT2D eigenvalue weighted by Gasteiger charge is 2.21. The molecule has 0 atom stereocenters. The van der Waals surface area contributed by atoms with Crippen LogP contribution in [0.4, 0.5) is 11.4 Å². The highest BCUT2D eigenvalue weighted by atomic mass is 79.9. The quantitative estimate of drug-likeness (QED) is 0.426. The molecular formula is C19H13BrClN3O5S. The summed E-state index contributed by atoms with van der Waals surface area (Å²) in [5.74, 6) is -1.87. The van der Waals surface area contributed by atoms with Crippen LogP contribution < -0.4 is 10.0 Å². The van der Waals surface area contributed by atoms with Crippen LogP contribution in [0.1, 0.15) is 20.7 Å². The molecule has 1 aromatic heterocycles. The maximum absolute atomic E-state index is 12.8. The molecule has 3 rings (SSSR count). The Morgan fingerprint density at radius 2 is 1.80 bits per heavy atom. The van der Waals surface area contributed by atoms with Crippen molar-refractivity contribution in [2.75, 3.05) is 10.0 Å². The van der Waals surface area contributed by atoms with Gasteiger partial charge in [-0.3, -0.25) is 9.52 Å². The van der Waals surface area contributed by atoms with E-state index in [0.29, 0.717) is 0 Å². The third-order valence-electron chi connectivity index (χ3n) is 3.87. The second kappa shape index (κ2) is 8.82. The summed E-state index contributed by atoms with van der Waals surface area (Å²) in [6.07, 6.45) is 1.26. The van der Waals surface area contributed by atoms with E-state index in [-0.39, 0.29) is 37.0 Å². The summed E-state index contributed by atoms with van der Waals surface area (Å²) in [5, 5.41) is 11.9. The Hall–Kier alpha value is -2.95. The predicted octanol–water partition coefficient (Wildman–Crippen LogP) is 4.25. The number of aromatic carboxylic acids is 1. The van der Waals surface area contributed by atoms with E-state index in [4.69, 9.17) is 11.6 Å². The van der Waals surface area contributed by atoms with Crippen LogP contribution in [0.5, 0.6) is 0 Å². The van der Waals surface area contributed by atoms with Gasteiger partial charge in [0.1, 0.15) is 10.0 Å². The minimum atomic E-state index is -4.06. The molecule has 0 fully saturated rings. The first-order valence-corrected chi connectivity index (χ1v) is 10.9. The summed E-state index contributed by atoms with van der Waals surface area (Å²) in [5.41, 5.74) is 0.213. The zero-order chi connectivity index (χ0) is 21.9. The van der Waals surface area contributed by atoms with E-state index >= 15 is 0 Å². The van der Waals surface area contributed by atoms with Gasteiger partial charge in [0.25, 0.3) is 15.9 Å². The van der Waals surface area contributed by atoms with Gasteiger partial charge in [-0.25, -0.2) is 18.2 Å². The van der Waals surface area contributed by atoms with Gasteiger partial charge in [-0.05, 0) is 58.4 Å². The lowest BCUT2D eigenvalue weighted by atomic mass is 10.1. The maximum Gasteiger partial charge on any atom is 0.337 e. The van der Waals surface area contributed by atoms with Gasteiger partial charge in [-0.1, -0.05) is 23.7 Å². The Kier molecular flexibility index (Phi) is 6.40. The molecule has 2 aromatic carbocycles. The number of carbonyl (C=O) groups excluding carboxylic acids is 1. The fourth-order valence-electron chi connectivity index (χ4n) is 2.47. The molecule has 3 aromatic rings. The number of hydrogen-bond acceptors (Lipinski definition) is 5. The SMILES string of the molecule is O=C(Nc1ccccc1C(=O)O)c1ccc(Br)c(S(=O)(=O)Nc2ccc(Cl)nc2)c1. The highest BCUT2D eigenvalue weighted by molar-refractivity contribution is 9.10. The lowest BCUT2D eigenvalue weighted by Gasteiger charge is -2.12. The van der Waals surface area contributed by atoms with Crippen molar-refractivity contribution in [3.8, 4) is 0 Å². The summed E-state index contributed by atoms with van der Waals surface area (Å²) >= 11 is 8.87. The number of halogens is 2. The van der Waals surface area contributed by atoms with Crippen molar-refractivity contribution >= 4 is 60.8 Å². The molecule has 0 saturated heterocycles. The molecule has 0 aliphatic heterocycles. The van der Waals surface area contributed by atoms with Crippen molar-refractivity contribution in [1.29, 1.82) is 0 Å². The molecule has 8 nitrogen and oxygen atoms in total. The molecule has 30 heavy (non-hydrogen) atoms. The fraction of sp³-hybridized carbons (Fsp3) is 0. The van der Waals surface area contributed by atoms with Crippen LogP contribution in [0.2, 0.25) is 5.15 Å². The number of rotatable bonds is 6. The van der Waals surface area contributed by atoms with Crippen LogP contribution in [0, 0.1) is 0 Å². The van der Waals surface area contributed by atoms with Gasteiger partial charge in [-0.2, -0.15) is 0 Å². The molecular weight excluding hydrogens is 498 g/mol. The molecule has 0 radical (unpaired) electrons. The van der Waals surface area contributed by atoms with Crippen LogP contribution in [0.15, 0.2) is 70.2 Å². The van der Waals surface area contributed by atoms with Crippen molar-refractivity contribution in [3.05, 3.63) is 81.5 Å². The summed E-state index contributed by atoms with van der Waals surface area (Å²) in [7, 11) is -4.06. The van der Waals surface area contributed by atoms with Gasteiger partial charge >= 0.3 is 5.97 Å². The van der Waals surface area contributed by atoms with Crippen molar-refractivity contribution < 1.29 is 23.1 Å². The van der Waals surface area contributed by atoms with Crippen molar-refractivity contribution in [1.82, 2.24) is 4.98 Å². The number of carboxylic acid groups (broad SMARTS) is 1. The smallest absolute Gasteiger partial charge is 0.337 e. The molecule has 3 N–H and O–H groups in total. The third kappa shape index (κ3) is 4.96. The van der Waals surface area contributed by atoms with Crippen LogP contribution >= 0.6 is 27.5 Å². The van der Waals surface area contributed by atoms with Gasteiger partial charge < -0.3 is 10.4 Å². The first-order valence-electron chi connectivity index (χ1n) is 8.25. The standard InChI is InChI=1S/C19H13BrClN3O5S/c20-14-7-5-11(18(25)23-15-4-2-1-3-13(15)19(26)27)9-16(14)30(28,29)24-12-6-8-17(21)22-10-12/h1-10,24H,(H,23,25)(H,26,27). The summed E-state index contributed by atoms with van der Waals surface area (Å²) in [4.78, 5) is 27.5. The van der Waals surface area contributed by atoms with Gasteiger partial charge in [0.2, 0.25) is 0 Å². The predicted molar refractivity (Wildman–Crippen MR) is 116 cm³/mol. The Morgan fingerprint density at radius 3 is 2.47 bits per heavy atom. The normalized spacial score (nSPS) is 11.0. The number of nitrogens with one attached hydrogen (secondary N) is 2. The number of anilines is 2. The topological polar surface area (TPSA) is 125 Å². The molecule has 1 amide bonds. The molecule has 154 valence electrons. The number of benzene rings is 2. The number of nitrogens with zero attached hydrogens (tertiary/aromatic N) is 1. The van der Waals surface area contributed by atoms with Crippen molar-refractivity contribution in [2.24, 2.45) is 0 Å². The molecule has 0 bridgehead atoms.